The van der Waals surface area contributed by atoms with Crippen LogP contribution < -0.4 is 11.1 Å². The van der Waals surface area contributed by atoms with Crippen LogP contribution in [0.3, 0.4) is 0 Å². The molecule has 0 spiro atoms. The third-order valence-electron chi connectivity index (χ3n) is 2.97. The lowest BCUT2D eigenvalue weighted by molar-refractivity contribution is -0.383. The number of rotatable bonds is 7. The van der Waals surface area contributed by atoms with Crippen molar-refractivity contribution in [3.8, 4) is 0 Å². The molecule has 3 N–H and O–H groups in total. The van der Waals surface area contributed by atoms with Crippen LogP contribution in [0.5, 0.6) is 0 Å². The van der Waals surface area contributed by atoms with Gasteiger partial charge in [0.15, 0.2) is 0 Å². The van der Waals surface area contributed by atoms with E-state index in [1.165, 1.54) is 11.3 Å². The highest BCUT2D eigenvalue weighted by Crippen LogP contribution is 2.32. The number of benzene rings is 1. The van der Waals surface area contributed by atoms with Gasteiger partial charge in [-0.3, -0.25) is 14.9 Å². The Hall–Kier alpha value is -2.22. The van der Waals surface area contributed by atoms with Gasteiger partial charge < -0.3 is 11.1 Å². The monoisotopic (exact) mass is 308 g/mol. The maximum absolute atomic E-state index is 11.1. The van der Waals surface area contributed by atoms with E-state index in [1.54, 1.807) is 12.1 Å². The number of hydrogen-bond donors (Lipinski definition) is 2. The molecule has 1 aromatic carbocycles. The van der Waals surface area contributed by atoms with E-state index in [0.29, 0.717) is 31.5 Å². The van der Waals surface area contributed by atoms with E-state index in [4.69, 9.17) is 5.73 Å². The molecule has 0 fully saturated rings. The summed E-state index contributed by atoms with van der Waals surface area (Å²) in [5.41, 5.74) is 6.31. The molecule has 0 aliphatic carbocycles. The first-order valence-corrected chi connectivity index (χ1v) is 7.37. The van der Waals surface area contributed by atoms with Gasteiger partial charge in [0.1, 0.15) is 5.69 Å². The van der Waals surface area contributed by atoms with E-state index in [-0.39, 0.29) is 11.6 Å². The van der Waals surface area contributed by atoms with E-state index in [2.05, 4.69) is 10.3 Å². The molecule has 0 unspecified atom stereocenters. The largest absolute Gasteiger partial charge is 0.379 e. The molecule has 2 rings (SSSR count). The zero-order valence-corrected chi connectivity index (χ0v) is 12.4. The summed E-state index contributed by atoms with van der Waals surface area (Å²) in [6, 6.07) is 3.25. The van der Waals surface area contributed by atoms with Crippen LogP contribution in [0.1, 0.15) is 24.3 Å². The highest BCUT2D eigenvalue weighted by molar-refractivity contribution is 7.18. The van der Waals surface area contributed by atoms with Gasteiger partial charge in [0, 0.05) is 19.0 Å². The van der Waals surface area contributed by atoms with Gasteiger partial charge in [-0.1, -0.05) is 0 Å². The van der Waals surface area contributed by atoms with Crippen molar-refractivity contribution in [1.82, 2.24) is 4.98 Å². The molecule has 0 radical (unpaired) electrons. The normalized spacial score (nSPS) is 10.7. The number of nitro groups is 1. The Balaban J connectivity index is 2.11. The van der Waals surface area contributed by atoms with Crippen molar-refractivity contribution in [1.29, 1.82) is 0 Å². The third kappa shape index (κ3) is 3.88. The topological polar surface area (TPSA) is 111 Å². The van der Waals surface area contributed by atoms with Gasteiger partial charge in [-0.2, -0.15) is 0 Å². The van der Waals surface area contributed by atoms with Crippen LogP contribution in [0.15, 0.2) is 12.1 Å². The summed E-state index contributed by atoms with van der Waals surface area (Å²) >= 11 is 1.43. The van der Waals surface area contributed by atoms with Crippen molar-refractivity contribution >= 4 is 38.8 Å². The van der Waals surface area contributed by atoms with Crippen molar-refractivity contribution in [2.45, 2.75) is 26.2 Å². The minimum Gasteiger partial charge on any atom is -0.379 e. The first kappa shape index (κ1) is 15.2. The van der Waals surface area contributed by atoms with Gasteiger partial charge >= 0.3 is 0 Å². The number of thiazole rings is 1. The zero-order chi connectivity index (χ0) is 15.4. The maximum atomic E-state index is 11.1. The fourth-order valence-corrected chi connectivity index (χ4v) is 2.86. The van der Waals surface area contributed by atoms with Crippen molar-refractivity contribution < 1.29 is 9.72 Å². The van der Waals surface area contributed by atoms with Gasteiger partial charge in [0.25, 0.3) is 5.69 Å². The summed E-state index contributed by atoms with van der Waals surface area (Å²) in [7, 11) is 0. The number of carbonyl (C=O) groups is 1. The lowest BCUT2D eigenvalue weighted by Gasteiger charge is -2.06. The molecule has 0 aliphatic heterocycles. The number of amides is 1. The van der Waals surface area contributed by atoms with E-state index >= 15 is 0 Å². The van der Waals surface area contributed by atoms with Crippen LogP contribution in [-0.4, -0.2) is 22.4 Å². The van der Waals surface area contributed by atoms with Gasteiger partial charge in [-0.15, -0.1) is 11.3 Å². The minimum absolute atomic E-state index is 0.0426. The van der Waals surface area contributed by atoms with Gasteiger partial charge in [-0.25, -0.2) is 4.98 Å². The van der Waals surface area contributed by atoms with Crippen LogP contribution in [-0.2, 0) is 4.79 Å². The number of hydrogen-bond acceptors (Lipinski definition) is 6. The predicted molar refractivity (Wildman–Crippen MR) is 82.5 cm³/mol. The van der Waals surface area contributed by atoms with E-state index in [9.17, 15) is 14.9 Å². The highest BCUT2D eigenvalue weighted by Gasteiger charge is 2.16. The zero-order valence-electron chi connectivity index (χ0n) is 11.6. The van der Waals surface area contributed by atoms with E-state index < -0.39 is 4.92 Å². The molecular formula is C13H16N4O3S. The van der Waals surface area contributed by atoms with E-state index in [0.717, 1.165) is 15.2 Å². The molecule has 2 aromatic rings. The molecule has 1 aromatic heterocycles. The average Bonchev–Trinajstić information content (AvgIpc) is 2.75. The molecule has 112 valence electrons. The maximum Gasteiger partial charge on any atom is 0.293 e. The molecule has 0 saturated carbocycles. The predicted octanol–water partition coefficient (Wildman–Crippen LogP) is 2.58. The number of nitro benzene ring substituents is 1. The molecule has 0 saturated heterocycles. The standard InChI is InChI=1S/C13H16N4O3S/c1-8-16-10-6-9(15-5-3-2-4-13(14)18)11(17(19)20)7-12(10)21-8/h6-7,15H,2-5H2,1H3,(H2,14,18). The summed E-state index contributed by atoms with van der Waals surface area (Å²) in [5.74, 6) is -0.333. The highest BCUT2D eigenvalue weighted by atomic mass is 32.1. The summed E-state index contributed by atoms with van der Waals surface area (Å²) in [6.45, 7) is 2.41. The minimum atomic E-state index is -0.403. The lowest BCUT2D eigenvalue weighted by atomic mass is 10.2. The number of carbonyl (C=O) groups excluding carboxylic acids is 1. The number of nitrogens with one attached hydrogen (secondary N) is 1. The lowest BCUT2D eigenvalue weighted by Crippen LogP contribution is -2.11. The Morgan fingerprint density at radius 2 is 2.24 bits per heavy atom. The number of nitrogens with zero attached hydrogens (tertiary/aromatic N) is 2. The van der Waals surface area contributed by atoms with Crippen LogP contribution in [0.25, 0.3) is 10.2 Å². The Morgan fingerprint density at radius 1 is 1.48 bits per heavy atom. The molecule has 0 aliphatic rings. The molecule has 0 bridgehead atoms. The Labute approximate surface area is 125 Å². The first-order valence-electron chi connectivity index (χ1n) is 6.55. The molecule has 8 heteroatoms. The average molecular weight is 308 g/mol. The first-order chi connectivity index (χ1) is 9.97. The quantitative estimate of drug-likeness (QED) is 0.464. The fourth-order valence-electron chi connectivity index (χ4n) is 2.02. The number of anilines is 1. The molecule has 1 amide bonds. The van der Waals surface area contributed by atoms with Crippen molar-refractivity contribution in [2.75, 3.05) is 11.9 Å². The smallest absolute Gasteiger partial charge is 0.293 e. The van der Waals surface area contributed by atoms with Crippen LogP contribution in [0, 0.1) is 17.0 Å². The van der Waals surface area contributed by atoms with Crippen molar-refractivity contribution in [2.24, 2.45) is 5.73 Å². The Morgan fingerprint density at radius 3 is 2.90 bits per heavy atom. The summed E-state index contributed by atoms with van der Waals surface area (Å²) in [4.78, 5) is 25.7. The fraction of sp³-hybridized carbons (Fsp3) is 0.385. The molecular weight excluding hydrogens is 292 g/mol. The van der Waals surface area contributed by atoms with Gasteiger partial charge in [0.05, 0.1) is 20.1 Å². The second-order valence-electron chi connectivity index (χ2n) is 4.68. The van der Waals surface area contributed by atoms with Crippen molar-refractivity contribution in [3.05, 3.63) is 27.3 Å². The van der Waals surface area contributed by atoms with Gasteiger partial charge in [-0.05, 0) is 25.8 Å². The summed E-state index contributed by atoms with van der Waals surface area (Å²) < 4.78 is 0.804. The Kier molecular flexibility index (Phi) is 4.69. The number of fused-ring (bicyclic) bond motifs is 1. The summed E-state index contributed by atoms with van der Waals surface area (Å²) in [5, 5.41) is 15.1. The van der Waals surface area contributed by atoms with Crippen LogP contribution >= 0.6 is 11.3 Å². The van der Waals surface area contributed by atoms with Crippen LogP contribution in [0.4, 0.5) is 11.4 Å². The number of nitrogens with two attached hydrogens (primary N) is 1. The number of primary amides is 1. The second kappa shape index (κ2) is 6.49. The van der Waals surface area contributed by atoms with Crippen molar-refractivity contribution in [3.63, 3.8) is 0 Å². The van der Waals surface area contributed by atoms with Gasteiger partial charge in [0.2, 0.25) is 5.91 Å². The van der Waals surface area contributed by atoms with E-state index in [1.807, 2.05) is 6.92 Å². The number of unbranched alkanes of at least 4 members (excludes halogenated alkanes) is 1. The SMILES string of the molecule is Cc1nc2cc(NCCCCC(N)=O)c([N+](=O)[O-])cc2s1. The second-order valence-corrected chi connectivity index (χ2v) is 5.91. The van der Waals surface area contributed by atoms with Crippen LogP contribution in [0.2, 0.25) is 0 Å². The summed E-state index contributed by atoms with van der Waals surface area (Å²) in [6.07, 6.45) is 1.70. The molecule has 1 heterocycles. The molecule has 7 nitrogen and oxygen atoms in total. The number of aromatic nitrogens is 1. The Bertz CT molecular complexity index is 683. The third-order valence-corrected chi connectivity index (χ3v) is 3.91. The number of aryl methyl sites for hydroxylation is 1. The molecule has 0 atom stereocenters. The molecule has 21 heavy (non-hydrogen) atoms.